The van der Waals surface area contributed by atoms with Gasteiger partial charge in [0.25, 0.3) is 0 Å². The smallest absolute Gasteiger partial charge is 0.196 e. The van der Waals surface area contributed by atoms with E-state index in [9.17, 15) is 14.4 Å². The van der Waals surface area contributed by atoms with Crippen LogP contribution in [0.15, 0.2) is 41.1 Å². The first kappa shape index (κ1) is 11.9. The Labute approximate surface area is 113 Å². The van der Waals surface area contributed by atoms with Crippen molar-refractivity contribution in [2.24, 2.45) is 5.73 Å². The molecule has 19 heavy (non-hydrogen) atoms. The molecule has 0 aromatic heterocycles. The zero-order chi connectivity index (χ0) is 13.7. The lowest BCUT2D eigenvalue weighted by atomic mass is 9.78. The molecule has 0 bridgehead atoms. The van der Waals surface area contributed by atoms with Crippen LogP contribution in [0.3, 0.4) is 0 Å². The van der Waals surface area contributed by atoms with Gasteiger partial charge in [-0.1, -0.05) is 29.8 Å². The van der Waals surface area contributed by atoms with Crippen molar-refractivity contribution in [3.63, 3.8) is 0 Å². The maximum absolute atomic E-state index is 12.4. The molecule has 0 saturated carbocycles. The van der Waals surface area contributed by atoms with Gasteiger partial charge in [-0.05, 0) is 6.07 Å². The van der Waals surface area contributed by atoms with Gasteiger partial charge in [0.15, 0.2) is 17.3 Å². The Morgan fingerprint density at radius 2 is 1.84 bits per heavy atom. The Morgan fingerprint density at radius 3 is 2.58 bits per heavy atom. The number of halogens is 1. The van der Waals surface area contributed by atoms with E-state index < -0.39 is 5.78 Å². The minimum Gasteiger partial charge on any atom is -0.395 e. The van der Waals surface area contributed by atoms with Crippen molar-refractivity contribution in [2.75, 3.05) is 0 Å². The molecule has 5 heteroatoms. The van der Waals surface area contributed by atoms with E-state index in [4.69, 9.17) is 17.3 Å². The molecule has 2 aliphatic carbocycles. The van der Waals surface area contributed by atoms with Gasteiger partial charge < -0.3 is 5.73 Å². The summed E-state index contributed by atoms with van der Waals surface area (Å²) in [6.07, 6.45) is 1.48. The van der Waals surface area contributed by atoms with Gasteiger partial charge >= 0.3 is 0 Å². The maximum Gasteiger partial charge on any atom is 0.196 e. The molecule has 0 aliphatic heterocycles. The van der Waals surface area contributed by atoms with Crippen molar-refractivity contribution in [1.29, 1.82) is 0 Å². The zero-order valence-corrected chi connectivity index (χ0v) is 10.5. The number of Topliss-reactive ketones (excluding diaryl/α,β-unsaturated/α-hetero) is 3. The van der Waals surface area contributed by atoms with E-state index in [0.717, 1.165) is 0 Å². The fourth-order valence-corrected chi connectivity index (χ4v) is 2.62. The van der Waals surface area contributed by atoms with E-state index in [1.807, 2.05) is 0 Å². The predicted molar refractivity (Wildman–Crippen MR) is 69.0 cm³/mol. The van der Waals surface area contributed by atoms with Crippen LogP contribution in [0.2, 0.25) is 5.02 Å². The van der Waals surface area contributed by atoms with Crippen LogP contribution in [0.25, 0.3) is 0 Å². The minimum atomic E-state index is -0.422. The van der Waals surface area contributed by atoms with Crippen molar-refractivity contribution in [3.05, 3.63) is 57.3 Å². The van der Waals surface area contributed by atoms with Crippen LogP contribution in [0, 0.1) is 0 Å². The number of benzene rings is 1. The topological polar surface area (TPSA) is 77.2 Å². The number of rotatable bonds is 0. The van der Waals surface area contributed by atoms with Crippen LogP contribution in [0.5, 0.6) is 0 Å². The number of carbonyl (C=O) groups excluding carboxylic acids is 3. The first-order chi connectivity index (χ1) is 9.02. The summed E-state index contributed by atoms with van der Waals surface area (Å²) in [5.41, 5.74) is 6.10. The van der Waals surface area contributed by atoms with Crippen LogP contribution in [0.1, 0.15) is 27.1 Å². The summed E-state index contributed by atoms with van der Waals surface area (Å²) in [7, 11) is 0. The van der Waals surface area contributed by atoms with E-state index in [0.29, 0.717) is 0 Å². The number of hydrogen-bond acceptors (Lipinski definition) is 4. The number of fused-ring (bicyclic) bond motifs is 2. The lowest BCUT2D eigenvalue weighted by Gasteiger charge is -2.23. The molecule has 0 fully saturated rings. The Bertz CT molecular complexity index is 728. The average Bonchev–Trinajstić information content (AvgIpc) is 2.39. The van der Waals surface area contributed by atoms with E-state index in [1.54, 1.807) is 12.1 Å². The third-order valence-corrected chi connectivity index (χ3v) is 3.60. The highest BCUT2D eigenvalue weighted by Gasteiger charge is 2.38. The highest BCUT2D eigenvalue weighted by atomic mass is 35.5. The van der Waals surface area contributed by atoms with Crippen molar-refractivity contribution in [3.8, 4) is 0 Å². The summed E-state index contributed by atoms with van der Waals surface area (Å²) in [5.74, 6) is -1.12. The van der Waals surface area contributed by atoms with Gasteiger partial charge in [-0.25, -0.2) is 0 Å². The van der Waals surface area contributed by atoms with E-state index in [1.165, 1.54) is 12.1 Å². The molecule has 1 aromatic carbocycles. The fourth-order valence-electron chi connectivity index (χ4n) is 2.36. The van der Waals surface area contributed by atoms with Crippen LogP contribution in [-0.4, -0.2) is 17.3 Å². The quantitative estimate of drug-likeness (QED) is 0.782. The van der Waals surface area contributed by atoms with Crippen LogP contribution < -0.4 is 5.73 Å². The summed E-state index contributed by atoms with van der Waals surface area (Å²) in [5, 5.41) is 0.228. The summed E-state index contributed by atoms with van der Waals surface area (Å²) in [6.45, 7) is 0. The molecule has 94 valence electrons. The van der Waals surface area contributed by atoms with Crippen molar-refractivity contribution < 1.29 is 14.4 Å². The maximum atomic E-state index is 12.4. The van der Waals surface area contributed by atoms with E-state index in [2.05, 4.69) is 0 Å². The second-order valence-electron chi connectivity index (χ2n) is 4.35. The third-order valence-electron chi connectivity index (χ3n) is 3.29. The molecule has 0 spiro atoms. The molecular weight excluding hydrogens is 266 g/mol. The monoisotopic (exact) mass is 273 g/mol. The highest BCUT2D eigenvalue weighted by molar-refractivity contribution is 6.41. The zero-order valence-electron chi connectivity index (χ0n) is 9.70. The molecule has 4 nitrogen and oxygen atoms in total. The number of nitrogens with two attached hydrogens (primary N) is 1. The van der Waals surface area contributed by atoms with Crippen molar-refractivity contribution in [2.45, 2.75) is 6.42 Å². The molecule has 2 N–H and O–H groups in total. The molecule has 1 aromatic rings. The second-order valence-corrected chi connectivity index (χ2v) is 4.76. The average molecular weight is 274 g/mol. The lowest BCUT2D eigenvalue weighted by Crippen LogP contribution is -2.30. The molecule has 3 rings (SSSR count). The molecule has 0 heterocycles. The van der Waals surface area contributed by atoms with Gasteiger partial charge in [0.2, 0.25) is 0 Å². The van der Waals surface area contributed by atoms with Gasteiger partial charge in [-0.15, -0.1) is 0 Å². The summed E-state index contributed by atoms with van der Waals surface area (Å²) in [4.78, 5) is 36.3. The van der Waals surface area contributed by atoms with Gasteiger partial charge in [0.1, 0.15) is 0 Å². The standard InChI is InChI=1S/C14H8ClNO3/c15-8-3-1-2-6-10(8)13(18)7-4-5-9(17)12(16)11(7)14(6)19/h1-4H,5,16H2. The first-order valence-electron chi connectivity index (χ1n) is 5.63. The Kier molecular flexibility index (Phi) is 2.43. The van der Waals surface area contributed by atoms with Gasteiger partial charge in [0, 0.05) is 17.6 Å². The molecule has 0 amide bonds. The van der Waals surface area contributed by atoms with Crippen molar-refractivity contribution >= 4 is 29.0 Å². The number of hydrogen-bond donors (Lipinski definition) is 1. The summed E-state index contributed by atoms with van der Waals surface area (Å²) >= 11 is 5.98. The first-order valence-corrected chi connectivity index (χ1v) is 6.01. The SMILES string of the molecule is NC1=C2C(=O)c3cccc(Cl)c3C(=O)C2=CCC1=O. The van der Waals surface area contributed by atoms with Crippen LogP contribution >= 0.6 is 11.6 Å². The normalized spacial score (nSPS) is 18.2. The number of allylic oxidation sites excluding steroid dienone is 4. The van der Waals surface area contributed by atoms with Crippen molar-refractivity contribution in [1.82, 2.24) is 0 Å². The van der Waals surface area contributed by atoms with Gasteiger partial charge in [0.05, 0.1) is 21.9 Å². The molecule has 2 aliphatic rings. The molecule has 0 unspecified atom stereocenters. The molecule has 0 saturated heterocycles. The molecule has 0 atom stereocenters. The van der Waals surface area contributed by atoms with E-state index >= 15 is 0 Å². The Morgan fingerprint density at radius 1 is 1.11 bits per heavy atom. The van der Waals surface area contributed by atoms with E-state index in [-0.39, 0.29) is 51.0 Å². The van der Waals surface area contributed by atoms with Crippen LogP contribution in [-0.2, 0) is 4.79 Å². The van der Waals surface area contributed by atoms with Gasteiger partial charge in [-0.3, -0.25) is 14.4 Å². The Hall–Kier alpha value is -2.20. The molecular formula is C14H8ClNO3. The van der Waals surface area contributed by atoms with Gasteiger partial charge in [-0.2, -0.15) is 0 Å². The second kappa shape index (κ2) is 3.90. The number of carbonyl (C=O) groups is 3. The summed E-state index contributed by atoms with van der Waals surface area (Å²) < 4.78 is 0. The number of ketones is 3. The molecule has 0 radical (unpaired) electrons. The van der Waals surface area contributed by atoms with Crippen LogP contribution in [0.4, 0.5) is 0 Å². The lowest BCUT2D eigenvalue weighted by molar-refractivity contribution is -0.115. The Balaban J connectivity index is 2.36. The minimum absolute atomic E-state index is 0.0102. The highest BCUT2D eigenvalue weighted by Crippen LogP contribution is 2.36. The third kappa shape index (κ3) is 1.50. The largest absolute Gasteiger partial charge is 0.395 e. The fraction of sp³-hybridized carbons (Fsp3) is 0.0714. The summed E-state index contributed by atoms with van der Waals surface area (Å²) in [6, 6.07) is 4.65. The predicted octanol–water partition coefficient (Wildman–Crippen LogP) is 1.83.